The summed E-state index contributed by atoms with van der Waals surface area (Å²) < 4.78 is 2.03. The van der Waals surface area contributed by atoms with Crippen molar-refractivity contribution in [3.8, 4) is 10.4 Å². The fourth-order valence-corrected chi connectivity index (χ4v) is 2.80. The summed E-state index contributed by atoms with van der Waals surface area (Å²) in [7, 11) is 1.97. The number of hydrogen-bond donors (Lipinski definition) is 1. The molecule has 0 fully saturated rings. The maximum absolute atomic E-state index is 4.37. The van der Waals surface area contributed by atoms with E-state index in [4.69, 9.17) is 0 Å². The zero-order valence-corrected chi connectivity index (χ0v) is 10.8. The molecular formula is C12H17N3S. The van der Waals surface area contributed by atoms with Crippen LogP contribution in [-0.2, 0) is 13.1 Å². The molecule has 0 aliphatic carbocycles. The number of hydrogen-bond acceptors (Lipinski definition) is 3. The van der Waals surface area contributed by atoms with Crippen molar-refractivity contribution < 1.29 is 0 Å². The second-order valence-electron chi connectivity index (χ2n) is 3.81. The molecule has 0 aliphatic heterocycles. The van der Waals surface area contributed by atoms with E-state index < -0.39 is 0 Å². The topological polar surface area (TPSA) is 29.9 Å². The monoisotopic (exact) mass is 235 g/mol. The fraction of sp³-hybridized carbons (Fsp3) is 0.417. The molecule has 86 valence electrons. The smallest absolute Gasteiger partial charge is 0.0579 e. The van der Waals surface area contributed by atoms with Gasteiger partial charge in [-0.15, -0.1) is 11.3 Å². The average Bonchev–Trinajstić information content (AvgIpc) is 2.85. The number of rotatable bonds is 4. The average molecular weight is 235 g/mol. The standard InChI is InChI=1S/C12H17N3S/c1-4-15-9(2)11(7-14-15)12-5-10(6-13-3)8-16-12/h5,7-8,13H,4,6H2,1-3H3. The van der Waals surface area contributed by atoms with Crippen LogP contribution in [0.1, 0.15) is 18.2 Å². The van der Waals surface area contributed by atoms with Crippen molar-refractivity contribution in [2.45, 2.75) is 26.9 Å². The fourth-order valence-electron chi connectivity index (χ4n) is 1.82. The van der Waals surface area contributed by atoms with Gasteiger partial charge in [0, 0.05) is 29.2 Å². The summed E-state index contributed by atoms with van der Waals surface area (Å²) in [5.41, 5.74) is 3.85. The van der Waals surface area contributed by atoms with Crippen molar-refractivity contribution >= 4 is 11.3 Å². The van der Waals surface area contributed by atoms with E-state index in [-0.39, 0.29) is 0 Å². The van der Waals surface area contributed by atoms with Crippen molar-refractivity contribution in [1.29, 1.82) is 0 Å². The van der Waals surface area contributed by atoms with Crippen molar-refractivity contribution in [2.75, 3.05) is 7.05 Å². The molecule has 1 N–H and O–H groups in total. The van der Waals surface area contributed by atoms with E-state index in [9.17, 15) is 0 Å². The van der Waals surface area contributed by atoms with E-state index in [2.05, 4.69) is 35.7 Å². The van der Waals surface area contributed by atoms with Gasteiger partial charge in [-0.1, -0.05) is 0 Å². The Kier molecular flexibility index (Phi) is 3.41. The third kappa shape index (κ3) is 2.03. The first kappa shape index (κ1) is 11.4. The summed E-state index contributed by atoms with van der Waals surface area (Å²) >= 11 is 1.79. The molecular weight excluding hydrogens is 218 g/mol. The van der Waals surface area contributed by atoms with Gasteiger partial charge in [0.1, 0.15) is 0 Å². The second kappa shape index (κ2) is 4.80. The van der Waals surface area contributed by atoms with Gasteiger partial charge >= 0.3 is 0 Å². The summed E-state index contributed by atoms with van der Waals surface area (Å²) in [4.78, 5) is 1.31. The van der Waals surface area contributed by atoms with Crippen LogP contribution in [0.4, 0.5) is 0 Å². The molecule has 0 saturated heterocycles. The Morgan fingerprint density at radius 1 is 1.50 bits per heavy atom. The highest BCUT2D eigenvalue weighted by Crippen LogP contribution is 2.29. The van der Waals surface area contributed by atoms with Gasteiger partial charge in [0.15, 0.2) is 0 Å². The van der Waals surface area contributed by atoms with E-state index >= 15 is 0 Å². The maximum Gasteiger partial charge on any atom is 0.0579 e. The van der Waals surface area contributed by atoms with Gasteiger partial charge in [-0.2, -0.15) is 5.10 Å². The summed E-state index contributed by atoms with van der Waals surface area (Å²) in [5.74, 6) is 0. The van der Waals surface area contributed by atoms with Gasteiger partial charge in [-0.3, -0.25) is 4.68 Å². The molecule has 0 bridgehead atoms. The first-order valence-corrected chi connectivity index (χ1v) is 6.39. The molecule has 2 heterocycles. The Hall–Kier alpha value is -1.13. The lowest BCUT2D eigenvalue weighted by Crippen LogP contribution is -2.03. The van der Waals surface area contributed by atoms with E-state index in [0.29, 0.717) is 0 Å². The molecule has 0 aliphatic rings. The maximum atomic E-state index is 4.37. The van der Waals surface area contributed by atoms with Crippen LogP contribution in [-0.4, -0.2) is 16.8 Å². The Morgan fingerprint density at radius 2 is 2.31 bits per heavy atom. The minimum atomic E-state index is 0.928. The van der Waals surface area contributed by atoms with Crippen LogP contribution in [0.2, 0.25) is 0 Å². The first-order valence-electron chi connectivity index (χ1n) is 5.51. The van der Waals surface area contributed by atoms with Crippen molar-refractivity contribution in [3.05, 3.63) is 28.9 Å². The highest BCUT2D eigenvalue weighted by molar-refractivity contribution is 7.13. The normalized spacial score (nSPS) is 10.9. The Labute approximate surface area is 100 Å². The molecule has 2 rings (SSSR count). The largest absolute Gasteiger partial charge is 0.316 e. The minimum absolute atomic E-state index is 0.928. The zero-order chi connectivity index (χ0) is 11.5. The third-order valence-electron chi connectivity index (χ3n) is 2.70. The van der Waals surface area contributed by atoms with Crippen LogP contribution in [0.25, 0.3) is 10.4 Å². The lowest BCUT2D eigenvalue weighted by Gasteiger charge is -1.99. The Morgan fingerprint density at radius 3 is 2.94 bits per heavy atom. The molecule has 0 aromatic carbocycles. The molecule has 2 aromatic heterocycles. The van der Waals surface area contributed by atoms with Gasteiger partial charge in [-0.05, 0) is 37.9 Å². The number of thiophene rings is 1. The van der Waals surface area contributed by atoms with E-state index in [0.717, 1.165) is 13.1 Å². The zero-order valence-electron chi connectivity index (χ0n) is 9.95. The Bertz CT molecular complexity index is 470. The van der Waals surface area contributed by atoms with Crippen molar-refractivity contribution in [2.24, 2.45) is 0 Å². The lowest BCUT2D eigenvalue weighted by atomic mass is 10.2. The Balaban J connectivity index is 2.31. The number of aryl methyl sites for hydroxylation is 1. The molecule has 0 unspecified atom stereocenters. The molecule has 0 amide bonds. The van der Waals surface area contributed by atoms with Crippen LogP contribution < -0.4 is 5.32 Å². The summed E-state index contributed by atoms with van der Waals surface area (Å²) in [5, 5.41) is 9.74. The van der Waals surface area contributed by atoms with Crippen LogP contribution in [0, 0.1) is 6.92 Å². The van der Waals surface area contributed by atoms with Crippen LogP contribution >= 0.6 is 11.3 Å². The van der Waals surface area contributed by atoms with E-state index in [1.165, 1.54) is 21.7 Å². The van der Waals surface area contributed by atoms with Crippen LogP contribution in [0.3, 0.4) is 0 Å². The van der Waals surface area contributed by atoms with Gasteiger partial charge in [0.05, 0.1) is 6.20 Å². The molecule has 0 radical (unpaired) electrons. The summed E-state index contributed by atoms with van der Waals surface area (Å²) in [6, 6.07) is 2.24. The van der Waals surface area contributed by atoms with Gasteiger partial charge < -0.3 is 5.32 Å². The highest BCUT2D eigenvalue weighted by atomic mass is 32.1. The number of nitrogens with one attached hydrogen (secondary N) is 1. The number of nitrogens with zero attached hydrogens (tertiary/aromatic N) is 2. The molecule has 0 spiro atoms. The molecule has 4 heteroatoms. The van der Waals surface area contributed by atoms with Crippen LogP contribution in [0.15, 0.2) is 17.6 Å². The van der Waals surface area contributed by atoms with Crippen molar-refractivity contribution in [1.82, 2.24) is 15.1 Å². The van der Waals surface area contributed by atoms with E-state index in [1.807, 2.05) is 17.9 Å². The second-order valence-corrected chi connectivity index (χ2v) is 4.72. The summed E-state index contributed by atoms with van der Waals surface area (Å²) in [6.07, 6.45) is 1.97. The SMILES string of the molecule is CCn1ncc(-c2cc(CNC)cs2)c1C. The number of aromatic nitrogens is 2. The molecule has 0 saturated carbocycles. The van der Waals surface area contributed by atoms with Crippen LogP contribution in [0.5, 0.6) is 0 Å². The first-order chi connectivity index (χ1) is 7.76. The van der Waals surface area contributed by atoms with E-state index in [1.54, 1.807) is 11.3 Å². The molecule has 0 atom stereocenters. The lowest BCUT2D eigenvalue weighted by molar-refractivity contribution is 0.640. The quantitative estimate of drug-likeness (QED) is 0.883. The van der Waals surface area contributed by atoms with Gasteiger partial charge in [0.2, 0.25) is 0 Å². The van der Waals surface area contributed by atoms with Crippen molar-refractivity contribution in [3.63, 3.8) is 0 Å². The van der Waals surface area contributed by atoms with Gasteiger partial charge in [-0.25, -0.2) is 0 Å². The minimum Gasteiger partial charge on any atom is -0.316 e. The predicted octanol–water partition coefficient (Wildman–Crippen LogP) is 2.66. The highest BCUT2D eigenvalue weighted by Gasteiger charge is 2.09. The summed E-state index contributed by atoms with van der Waals surface area (Å²) in [6.45, 7) is 6.10. The molecule has 3 nitrogen and oxygen atoms in total. The molecule has 16 heavy (non-hydrogen) atoms. The predicted molar refractivity (Wildman–Crippen MR) is 68.7 cm³/mol. The van der Waals surface area contributed by atoms with Gasteiger partial charge in [0.25, 0.3) is 0 Å². The molecule has 2 aromatic rings. The third-order valence-corrected chi connectivity index (χ3v) is 3.72.